The van der Waals surface area contributed by atoms with Crippen molar-refractivity contribution in [1.29, 1.82) is 0 Å². The van der Waals surface area contributed by atoms with Crippen molar-refractivity contribution < 1.29 is 49.4 Å². The number of benzene rings is 2. The average Bonchev–Trinajstić information content (AvgIpc) is 2.92. The Bertz CT molecular complexity index is 1060. The fraction of sp³-hybridized carbons (Fsp3) is 0. The molecule has 0 aliphatic heterocycles. The van der Waals surface area contributed by atoms with Crippen LogP contribution in [0.4, 0.5) is 5.69 Å². The van der Waals surface area contributed by atoms with Gasteiger partial charge in [0.2, 0.25) is 5.91 Å². The Hall–Kier alpha value is -1.96. The van der Waals surface area contributed by atoms with E-state index in [-0.39, 0.29) is 51.6 Å². The van der Waals surface area contributed by atoms with Gasteiger partial charge in [0.1, 0.15) is 5.75 Å². The number of rotatable bonds is 4. The smallest absolute Gasteiger partial charge is 0.543 e. The van der Waals surface area contributed by atoms with E-state index in [0.29, 0.717) is 21.6 Å². The molecule has 1 amide bonds. The number of H-pyrrole nitrogens is 1. The molecular formula is C18H11Cl2N2NaO4. The number of amides is 1. The third-order valence-corrected chi connectivity index (χ3v) is 4.09. The topological polar surface area (TPSA) is 105 Å². The molecule has 0 saturated heterocycles. The van der Waals surface area contributed by atoms with E-state index in [2.05, 4.69) is 10.3 Å². The van der Waals surface area contributed by atoms with Crippen LogP contribution in [0.5, 0.6) is 5.75 Å². The quantitative estimate of drug-likeness (QED) is 0.420. The van der Waals surface area contributed by atoms with Gasteiger partial charge >= 0.3 is 29.6 Å². The van der Waals surface area contributed by atoms with E-state index in [4.69, 9.17) is 23.2 Å². The number of aromatic carboxylic acids is 1. The molecule has 3 rings (SSSR count). The van der Waals surface area contributed by atoms with Crippen molar-refractivity contribution in [3.63, 3.8) is 0 Å². The maximum atomic E-state index is 12.1. The molecule has 1 heterocycles. The van der Waals surface area contributed by atoms with Crippen molar-refractivity contribution >= 4 is 57.7 Å². The number of carbonyl (C=O) groups excluding carboxylic acids is 2. The maximum Gasteiger partial charge on any atom is 1.00 e. The van der Waals surface area contributed by atoms with E-state index in [1.807, 2.05) is 0 Å². The molecule has 2 aromatic carbocycles. The number of carbonyl (C=O) groups is 2. The first kappa shape index (κ1) is 21.3. The molecule has 3 aromatic rings. The standard InChI is InChI=1S/C18H12Cl2N2O4.Na/c19-9-6-13(20)16-12(17(18(25)26)22-14(16)7-9)4-5-15(24)21-10-2-1-3-11(23)8-10;/h1-8,22-23H,(H,21,24)(H,25,26);/q;+1/p-1/b5-4+;. The first-order valence-electron chi connectivity index (χ1n) is 7.35. The number of halogens is 2. The van der Waals surface area contributed by atoms with Crippen LogP contribution in [0, 0.1) is 0 Å². The maximum absolute atomic E-state index is 12.1. The zero-order valence-corrected chi connectivity index (χ0v) is 17.6. The van der Waals surface area contributed by atoms with Crippen LogP contribution in [0.15, 0.2) is 42.5 Å². The van der Waals surface area contributed by atoms with Crippen molar-refractivity contribution in [1.82, 2.24) is 4.98 Å². The van der Waals surface area contributed by atoms with Crippen LogP contribution in [0.2, 0.25) is 10.0 Å². The molecule has 0 atom stereocenters. The van der Waals surface area contributed by atoms with Gasteiger partial charge in [-0.05, 0) is 30.3 Å². The van der Waals surface area contributed by atoms with Gasteiger partial charge in [-0.1, -0.05) is 29.3 Å². The minimum atomic E-state index is -1.44. The number of carboxylic acids is 1. The number of phenols is 1. The summed E-state index contributed by atoms with van der Waals surface area (Å²) >= 11 is 12.1. The molecule has 1 aromatic heterocycles. The van der Waals surface area contributed by atoms with Crippen LogP contribution >= 0.6 is 23.2 Å². The summed E-state index contributed by atoms with van der Waals surface area (Å²) in [6.45, 7) is 0. The Morgan fingerprint density at radius 1 is 1.19 bits per heavy atom. The second-order valence-electron chi connectivity index (χ2n) is 5.38. The second kappa shape index (κ2) is 8.82. The van der Waals surface area contributed by atoms with Crippen LogP contribution in [0.3, 0.4) is 0 Å². The van der Waals surface area contributed by atoms with Gasteiger partial charge < -0.3 is 25.3 Å². The van der Waals surface area contributed by atoms with Gasteiger partial charge in [0, 0.05) is 39.3 Å². The van der Waals surface area contributed by atoms with Crippen molar-refractivity contribution in [2.45, 2.75) is 0 Å². The molecule has 0 aliphatic rings. The zero-order valence-electron chi connectivity index (χ0n) is 14.0. The first-order chi connectivity index (χ1) is 12.3. The number of carboxylic acid groups (broad SMARTS) is 1. The molecule has 9 heteroatoms. The van der Waals surface area contributed by atoms with Gasteiger partial charge in [-0.25, -0.2) is 0 Å². The summed E-state index contributed by atoms with van der Waals surface area (Å²) < 4.78 is 0. The van der Waals surface area contributed by atoms with Crippen molar-refractivity contribution in [3.8, 4) is 5.75 Å². The number of fused-ring (bicyclic) bond motifs is 1. The Morgan fingerprint density at radius 2 is 1.93 bits per heavy atom. The third kappa shape index (κ3) is 4.86. The number of anilines is 1. The number of hydrogen-bond acceptors (Lipinski definition) is 4. The predicted octanol–water partition coefficient (Wildman–Crippen LogP) is 0.200. The first-order valence-corrected chi connectivity index (χ1v) is 8.11. The Labute approximate surface area is 186 Å². The molecule has 6 nitrogen and oxygen atoms in total. The average molecular weight is 413 g/mol. The molecule has 27 heavy (non-hydrogen) atoms. The minimum absolute atomic E-state index is 0. The SMILES string of the molecule is O=C(/C=C/c1c(C(=O)[O-])[nH]c2cc(Cl)cc(Cl)c12)Nc1cccc(O)c1.[Na+]. The van der Waals surface area contributed by atoms with Crippen LogP contribution in [-0.2, 0) is 4.79 Å². The van der Waals surface area contributed by atoms with Gasteiger partial charge in [0.15, 0.2) is 0 Å². The number of hydrogen-bond donors (Lipinski definition) is 3. The number of aromatic nitrogens is 1. The molecular weight excluding hydrogens is 402 g/mol. The van der Waals surface area contributed by atoms with Gasteiger partial charge in [0.25, 0.3) is 0 Å². The fourth-order valence-corrected chi connectivity index (χ4v) is 3.12. The van der Waals surface area contributed by atoms with E-state index in [1.54, 1.807) is 12.1 Å². The summed E-state index contributed by atoms with van der Waals surface area (Å²) in [7, 11) is 0. The van der Waals surface area contributed by atoms with Crippen LogP contribution in [0.1, 0.15) is 16.1 Å². The van der Waals surface area contributed by atoms with Gasteiger partial charge in [-0.2, -0.15) is 0 Å². The summed E-state index contributed by atoms with van der Waals surface area (Å²) in [6.07, 6.45) is 2.48. The Balaban J connectivity index is 0.00000261. The van der Waals surface area contributed by atoms with E-state index in [9.17, 15) is 19.8 Å². The van der Waals surface area contributed by atoms with E-state index in [1.165, 1.54) is 30.3 Å². The summed E-state index contributed by atoms with van der Waals surface area (Å²) in [5.74, 6) is -1.95. The van der Waals surface area contributed by atoms with Gasteiger partial charge in [-0.3, -0.25) is 4.79 Å². The summed E-state index contributed by atoms with van der Waals surface area (Å²) in [5.41, 5.74) is 0.788. The van der Waals surface area contributed by atoms with Crippen LogP contribution in [-0.4, -0.2) is 22.0 Å². The number of aromatic hydroxyl groups is 1. The number of nitrogens with one attached hydrogen (secondary N) is 2. The molecule has 0 aliphatic carbocycles. The van der Waals surface area contributed by atoms with E-state index >= 15 is 0 Å². The van der Waals surface area contributed by atoms with Gasteiger partial charge in [-0.15, -0.1) is 0 Å². The molecule has 0 radical (unpaired) electrons. The minimum Gasteiger partial charge on any atom is -0.543 e. The van der Waals surface area contributed by atoms with Crippen molar-refractivity contribution in [2.75, 3.05) is 5.32 Å². The third-order valence-electron chi connectivity index (χ3n) is 3.57. The summed E-state index contributed by atoms with van der Waals surface area (Å²) in [5, 5.41) is 24.3. The molecule has 3 N–H and O–H groups in total. The monoisotopic (exact) mass is 412 g/mol. The summed E-state index contributed by atoms with van der Waals surface area (Å²) in [4.78, 5) is 26.1. The van der Waals surface area contributed by atoms with Crippen LogP contribution < -0.4 is 40.0 Å². The fourth-order valence-electron chi connectivity index (χ4n) is 2.53. The predicted molar refractivity (Wildman–Crippen MR) is 98.4 cm³/mol. The Morgan fingerprint density at radius 3 is 2.59 bits per heavy atom. The molecule has 132 valence electrons. The molecule has 0 bridgehead atoms. The van der Waals surface area contributed by atoms with Gasteiger partial charge in [0.05, 0.1) is 16.7 Å². The van der Waals surface area contributed by atoms with Crippen LogP contribution in [0.25, 0.3) is 17.0 Å². The van der Waals surface area contributed by atoms with E-state index < -0.39 is 11.9 Å². The van der Waals surface area contributed by atoms with Crippen molar-refractivity contribution in [3.05, 3.63) is 63.8 Å². The zero-order chi connectivity index (χ0) is 18.8. The van der Waals surface area contributed by atoms with Crippen molar-refractivity contribution in [2.24, 2.45) is 0 Å². The largest absolute Gasteiger partial charge is 1.00 e. The van der Waals surface area contributed by atoms with E-state index in [0.717, 1.165) is 6.08 Å². The Kier molecular flexibility index (Phi) is 6.97. The number of aromatic amines is 1. The molecule has 0 spiro atoms. The number of phenolic OH excluding ortho intramolecular Hbond substituents is 1. The molecule has 0 unspecified atom stereocenters. The second-order valence-corrected chi connectivity index (χ2v) is 6.23. The molecule has 0 fully saturated rings. The summed E-state index contributed by atoms with van der Waals surface area (Å²) in [6, 6.07) is 9.02. The molecule has 0 saturated carbocycles. The normalized spacial score (nSPS) is 10.7.